The molecule has 0 aliphatic carbocycles. The average Bonchev–Trinajstić information content (AvgIpc) is 3.20. The zero-order chi connectivity index (χ0) is 25.5. The van der Waals surface area contributed by atoms with E-state index in [2.05, 4.69) is 0 Å². The van der Waals surface area contributed by atoms with Crippen molar-refractivity contribution in [2.75, 3.05) is 17.3 Å². The predicted molar refractivity (Wildman–Crippen MR) is 134 cm³/mol. The minimum atomic E-state index is -4.37. The van der Waals surface area contributed by atoms with Crippen molar-refractivity contribution >= 4 is 56.0 Å². The van der Waals surface area contributed by atoms with Gasteiger partial charge < -0.3 is 9.84 Å². The van der Waals surface area contributed by atoms with E-state index in [0.29, 0.717) is 17.0 Å². The monoisotopic (exact) mass is 524 g/mol. The minimum absolute atomic E-state index is 0.162. The van der Waals surface area contributed by atoms with Crippen LogP contribution in [0.1, 0.15) is 29.2 Å². The number of ether oxygens (including phenoxy) is 1. The number of carbonyl (C=O) groups is 2. The number of aliphatic carboxylic acids is 1. The third kappa shape index (κ3) is 5.19. The molecule has 9 nitrogen and oxygen atoms in total. The number of allylic oxidation sites excluding steroid dienone is 4. The molecule has 2 aliphatic heterocycles. The Morgan fingerprint density at radius 3 is 2.32 bits per heavy atom. The van der Waals surface area contributed by atoms with Gasteiger partial charge in [0.2, 0.25) is 5.88 Å². The molecule has 0 unspecified atom stereocenters. The molecule has 2 N–H and O–H groups in total. The van der Waals surface area contributed by atoms with Gasteiger partial charge in [-0.25, -0.2) is 0 Å². The molecule has 3 rings (SSSR count). The third-order valence-electron chi connectivity index (χ3n) is 5.65. The Kier molecular flexibility index (Phi) is 7.27. The summed E-state index contributed by atoms with van der Waals surface area (Å²) in [7, 11) is -4.37. The Morgan fingerprint density at radius 2 is 1.74 bits per heavy atom. The molecule has 0 aromatic heterocycles. The number of thioether (sulfide) groups is 1. The molecule has 2 aliphatic rings. The van der Waals surface area contributed by atoms with Crippen LogP contribution in [-0.4, -0.2) is 51.6 Å². The van der Waals surface area contributed by atoms with Gasteiger partial charge in [0.25, 0.3) is 16.0 Å². The number of thiocarbonyl (C=S) groups is 1. The lowest BCUT2D eigenvalue weighted by atomic mass is 9.96. The fraction of sp³-hybridized carbons (Fsp3) is 0.318. The van der Waals surface area contributed by atoms with E-state index >= 15 is 0 Å². The van der Waals surface area contributed by atoms with Gasteiger partial charge in [0.05, 0.1) is 10.6 Å². The second kappa shape index (κ2) is 9.53. The average molecular weight is 525 g/mol. The van der Waals surface area contributed by atoms with Crippen molar-refractivity contribution in [1.82, 2.24) is 4.90 Å². The van der Waals surface area contributed by atoms with Gasteiger partial charge >= 0.3 is 5.97 Å². The van der Waals surface area contributed by atoms with Gasteiger partial charge in [-0.3, -0.25) is 23.9 Å². The fourth-order valence-corrected chi connectivity index (χ4v) is 5.51. The molecule has 0 bridgehead atoms. The van der Waals surface area contributed by atoms with E-state index in [9.17, 15) is 22.6 Å². The highest BCUT2D eigenvalue weighted by Gasteiger charge is 2.35. The Bertz CT molecular complexity index is 1310. The number of hydrogen-bond acceptors (Lipinski definition) is 8. The number of rotatable bonds is 6. The van der Waals surface area contributed by atoms with Gasteiger partial charge in [0.15, 0.2) is 11.6 Å². The lowest BCUT2D eigenvalue weighted by Crippen LogP contribution is -2.33. The number of fused-ring (bicyclic) bond motifs is 1. The first-order chi connectivity index (χ1) is 15.7. The molecule has 2 heterocycles. The van der Waals surface area contributed by atoms with Gasteiger partial charge in [-0.2, -0.15) is 8.42 Å². The van der Waals surface area contributed by atoms with Crippen LogP contribution in [0.15, 0.2) is 34.6 Å². The Hall–Kier alpha value is -2.67. The molecule has 1 fully saturated rings. The second-order valence-electron chi connectivity index (χ2n) is 8.00. The molecule has 1 aromatic rings. The van der Waals surface area contributed by atoms with Crippen LogP contribution in [0.4, 0.5) is 5.69 Å². The number of carbonyl (C=O) groups excluding carboxylic acids is 1. The molecule has 1 aromatic carbocycles. The summed E-state index contributed by atoms with van der Waals surface area (Å²) in [6.45, 7) is 8.86. The highest BCUT2D eigenvalue weighted by atomic mass is 32.2. The second-order valence-corrected chi connectivity index (χ2v) is 11.1. The summed E-state index contributed by atoms with van der Waals surface area (Å²) in [4.78, 5) is 26.1. The van der Waals surface area contributed by atoms with Crippen molar-refractivity contribution in [2.24, 2.45) is 0 Å². The van der Waals surface area contributed by atoms with Crippen LogP contribution in [0.3, 0.4) is 0 Å². The number of amides is 1. The zero-order valence-corrected chi connectivity index (χ0v) is 21.7. The van der Waals surface area contributed by atoms with E-state index in [1.807, 2.05) is 27.7 Å². The first kappa shape index (κ1) is 25.9. The summed E-state index contributed by atoms with van der Waals surface area (Å²) in [6.07, 6.45) is 4.75. The van der Waals surface area contributed by atoms with Crippen LogP contribution in [0.2, 0.25) is 0 Å². The summed E-state index contributed by atoms with van der Waals surface area (Å²) in [6, 6.07) is 0. The van der Waals surface area contributed by atoms with E-state index in [0.717, 1.165) is 38.9 Å². The van der Waals surface area contributed by atoms with Crippen LogP contribution in [0.5, 0.6) is 5.75 Å². The molecule has 0 atom stereocenters. The normalized spacial score (nSPS) is 18.8. The summed E-state index contributed by atoms with van der Waals surface area (Å²) in [5.41, 5.74) is 4.93. The zero-order valence-electron chi connectivity index (χ0n) is 19.2. The molecule has 0 spiro atoms. The van der Waals surface area contributed by atoms with Gasteiger partial charge in [0, 0.05) is 0 Å². The quantitative estimate of drug-likeness (QED) is 0.324. The van der Waals surface area contributed by atoms with Crippen LogP contribution in [0.25, 0.3) is 0 Å². The number of nitrogens with zero attached hydrogens (tertiary/aromatic N) is 2. The van der Waals surface area contributed by atoms with Crippen LogP contribution < -0.4 is 9.64 Å². The number of benzene rings is 1. The molecule has 0 radical (unpaired) electrons. The van der Waals surface area contributed by atoms with Crippen molar-refractivity contribution in [3.63, 3.8) is 0 Å². The first-order valence-corrected chi connectivity index (χ1v) is 12.9. The fourth-order valence-electron chi connectivity index (χ4n) is 3.62. The summed E-state index contributed by atoms with van der Waals surface area (Å²) >= 11 is 6.10. The number of carboxylic acid groups (broad SMARTS) is 1. The summed E-state index contributed by atoms with van der Waals surface area (Å²) in [5, 5.41) is 8.96. The molecule has 1 amide bonds. The Morgan fingerprint density at radius 1 is 1.12 bits per heavy atom. The maximum absolute atomic E-state index is 12.5. The summed E-state index contributed by atoms with van der Waals surface area (Å²) in [5.74, 6) is -1.61. The smallest absolute Gasteiger partial charge is 0.323 e. The highest BCUT2D eigenvalue weighted by Crippen LogP contribution is 2.47. The van der Waals surface area contributed by atoms with Crippen LogP contribution in [-0.2, 0) is 19.7 Å². The SMILES string of the molecule is CC(=C\C=C1/Oc2c(C)c(C)c(C)c(C)c2N1CS(=O)(=O)O)/C=C1/SC(=S)N(CC(=O)O)C1=O. The number of carboxylic acids is 1. The predicted octanol–water partition coefficient (Wildman–Crippen LogP) is 3.58. The molecule has 1 saturated heterocycles. The van der Waals surface area contributed by atoms with Crippen molar-refractivity contribution in [3.8, 4) is 5.75 Å². The van der Waals surface area contributed by atoms with E-state index in [-0.39, 0.29) is 15.1 Å². The third-order valence-corrected chi connectivity index (χ3v) is 7.61. The van der Waals surface area contributed by atoms with E-state index in [4.69, 9.17) is 22.1 Å². The number of hydrogen-bond donors (Lipinski definition) is 2. The van der Waals surface area contributed by atoms with E-state index in [1.54, 1.807) is 25.2 Å². The Balaban J connectivity index is 1.98. The maximum atomic E-state index is 12.5. The minimum Gasteiger partial charge on any atom is -0.480 e. The van der Waals surface area contributed by atoms with Gasteiger partial charge in [-0.15, -0.1) is 0 Å². The lowest BCUT2D eigenvalue weighted by Gasteiger charge is -2.20. The van der Waals surface area contributed by atoms with E-state index < -0.39 is 34.4 Å². The maximum Gasteiger partial charge on any atom is 0.323 e. The topological polar surface area (TPSA) is 124 Å². The van der Waals surface area contributed by atoms with Gasteiger partial charge in [0.1, 0.15) is 10.9 Å². The largest absolute Gasteiger partial charge is 0.480 e. The molecule has 12 heteroatoms. The lowest BCUT2D eigenvalue weighted by molar-refractivity contribution is -0.140. The van der Waals surface area contributed by atoms with Crippen molar-refractivity contribution < 1.29 is 32.4 Å². The molecule has 182 valence electrons. The van der Waals surface area contributed by atoms with Gasteiger partial charge in [-0.05, 0) is 74.6 Å². The van der Waals surface area contributed by atoms with Gasteiger partial charge in [-0.1, -0.05) is 30.1 Å². The standard InChI is InChI=1S/C22H24N2O7S3/c1-11(8-16-21(27)23(9-18(25)26)22(32)33-16)6-7-17-24(10-34(28,29)30)19-14(4)12(2)13(3)15(5)20(19)31-17/h6-8H,9-10H2,1-5H3,(H,25,26)(H,28,29,30)/b11-6+,16-8+,17-7-. The highest BCUT2D eigenvalue weighted by molar-refractivity contribution is 8.26. The van der Waals surface area contributed by atoms with Crippen LogP contribution in [0, 0.1) is 27.7 Å². The van der Waals surface area contributed by atoms with Crippen molar-refractivity contribution in [1.29, 1.82) is 0 Å². The van der Waals surface area contributed by atoms with Crippen molar-refractivity contribution in [3.05, 3.63) is 56.8 Å². The van der Waals surface area contributed by atoms with E-state index in [1.165, 1.54) is 4.90 Å². The molecular weight excluding hydrogens is 500 g/mol. The van der Waals surface area contributed by atoms with Crippen LogP contribution >= 0.6 is 24.0 Å². The first-order valence-electron chi connectivity index (χ1n) is 10.1. The summed E-state index contributed by atoms with van der Waals surface area (Å²) < 4.78 is 39.2. The number of anilines is 1. The Labute approximate surface area is 207 Å². The molecule has 34 heavy (non-hydrogen) atoms. The molecular formula is C22H24N2O7S3. The van der Waals surface area contributed by atoms with Crippen molar-refractivity contribution in [2.45, 2.75) is 34.6 Å². The molecule has 0 saturated carbocycles.